The van der Waals surface area contributed by atoms with Gasteiger partial charge in [0, 0.05) is 16.2 Å². The first-order valence-corrected chi connectivity index (χ1v) is 11.2. The van der Waals surface area contributed by atoms with Crippen molar-refractivity contribution in [1.29, 1.82) is 0 Å². The van der Waals surface area contributed by atoms with Crippen LogP contribution in [-0.2, 0) is 4.79 Å². The number of halogens is 1. The maximum Gasteiger partial charge on any atom is 0.266 e. The van der Waals surface area contributed by atoms with Crippen molar-refractivity contribution in [2.45, 2.75) is 5.16 Å². The molecule has 0 aliphatic rings. The number of benzene rings is 3. The number of aromatic nitrogens is 2. The molecule has 1 amide bonds. The SMILES string of the molecule is COc1cccc(NC(=O)CSc2nc3ccc(Br)cc3c(=O)n2-c2ccccc2)c1. The number of thioether (sulfide) groups is 1. The molecule has 0 atom stereocenters. The zero-order valence-electron chi connectivity index (χ0n) is 16.5. The van der Waals surface area contributed by atoms with Crippen molar-refractivity contribution in [3.8, 4) is 11.4 Å². The predicted molar refractivity (Wildman–Crippen MR) is 127 cm³/mol. The second-order valence-corrected chi connectivity index (χ2v) is 8.46. The van der Waals surface area contributed by atoms with Crippen LogP contribution in [0.5, 0.6) is 5.75 Å². The predicted octanol–water partition coefficient (Wildman–Crippen LogP) is 4.89. The summed E-state index contributed by atoms with van der Waals surface area (Å²) in [5.74, 6) is 0.548. The lowest BCUT2D eigenvalue weighted by Gasteiger charge is -2.13. The highest BCUT2D eigenvalue weighted by Gasteiger charge is 2.15. The zero-order chi connectivity index (χ0) is 21.8. The van der Waals surface area contributed by atoms with Gasteiger partial charge < -0.3 is 10.1 Å². The summed E-state index contributed by atoms with van der Waals surface area (Å²) in [6, 6.07) is 21.8. The van der Waals surface area contributed by atoms with Crippen LogP contribution in [0.4, 0.5) is 5.69 Å². The average Bonchev–Trinajstić information content (AvgIpc) is 2.79. The van der Waals surface area contributed by atoms with Gasteiger partial charge in [-0.3, -0.25) is 14.2 Å². The smallest absolute Gasteiger partial charge is 0.266 e. The molecule has 4 rings (SSSR count). The van der Waals surface area contributed by atoms with Gasteiger partial charge in [0.05, 0.1) is 29.5 Å². The van der Waals surface area contributed by atoms with Gasteiger partial charge in [-0.1, -0.05) is 52.0 Å². The van der Waals surface area contributed by atoms with E-state index in [1.807, 2.05) is 36.4 Å². The topological polar surface area (TPSA) is 73.2 Å². The van der Waals surface area contributed by atoms with Gasteiger partial charge in [-0.05, 0) is 42.5 Å². The van der Waals surface area contributed by atoms with Crippen LogP contribution < -0.4 is 15.6 Å². The molecular weight excluding hydrogens is 478 g/mol. The minimum atomic E-state index is -0.206. The van der Waals surface area contributed by atoms with Gasteiger partial charge in [-0.2, -0.15) is 0 Å². The molecule has 31 heavy (non-hydrogen) atoms. The van der Waals surface area contributed by atoms with Gasteiger partial charge in [0.2, 0.25) is 5.91 Å². The minimum Gasteiger partial charge on any atom is -0.497 e. The summed E-state index contributed by atoms with van der Waals surface area (Å²) in [5, 5.41) is 3.80. The quantitative estimate of drug-likeness (QED) is 0.304. The first kappa shape index (κ1) is 21.1. The number of hydrogen-bond acceptors (Lipinski definition) is 5. The molecule has 0 unspecified atom stereocenters. The molecule has 4 aromatic rings. The van der Waals surface area contributed by atoms with E-state index in [1.54, 1.807) is 43.5 Å². The van der Waals surface area contributed by atoms with Crippen molar-refractivity contribution in [2.24, 2.45) is 0 Å². The maximum absolute atomic E-state index is 13.3. The first-order valence-electron chi connectivity index (χ1n) is 9.39. The van der Waals surface area contributed by atoms with Crippen LogP contribution in [0.1, 0.15) is 0 Å². The highest BCUT2D eigenvalue weighted by atomic mass is 79.9. The Bertz CT molecular complexity index is 1310. The van der Waals surface area contributed by atoms with Crippen LogP contribution in [-0.4, -0.2) is 28.3 Å². The number of para-hydroxylation sites is 1. The van der Waals surface area contributed by atoms with E-state index >= 15 is 0 Å². The van der Waals surface area contributed by atoms with E-state index in [0.717, 1.165) is 4.47 Å². The summed E-state index contributed by atoms with van der Waals surface area (Å²) in [6.45, 7) is 0. The normalized spacial score (nSPS) is 10.8. The number of carbonyl (C=O) groups is 1. The van der Waals surface area contributed by atoms with Gasteiger partial charge in [-0.15, -0.1) is 0 Å². The van der Waals surface area contributed by atoms with Crippen molar-refractivity contribution in [1.82, 2.24) is 9.55 Å². The standard InChI is InChI=1S/C23H18BrN3O3S/c1-30-18-9-5-6-16(13-18)25-21(28)14-31-23-26-20-11-10-15(24)12-19(20)22(29)27(23)17-7-3-2-4-8-17/h2-13H,14H2,1H3,(H,25,28). The molecule has 1 N–H and O–H groups in total. The summed E-state index contributed by atoms with van der Waals surface area (Å²) in [6.07, 6.45) is 0. The Morgan fingerprint density at radius 2 is 1.90 bits per heavy atom. The second-order valence-electron chi connectivity index (χ2n) is 6.60. The molecule has 0 aliphatic heterocycles. The molecule has 0 saturated carbocycles. The zero-order valence-corrected chi connectivity index (χ0v) is 18.9. The third-order valence-corrected chi connectivity index (χ3v) is 5.93. The van der Waals surface area contributed by atoms with E-state index in [1.165, 1.54) is 16.3 Å². The van der Waals surface area contributed by atoms with Crippen LogP contribution in [0.25, 0.3) is 16.6 Å². The van der Waals surface area contributed by atoms with Crippen molar-refractivity contribution < 1.29 is 9.53 Å². The molecule has 6 nitrogen and oxygen atoms in total. The highest BCUT2D eigenvalue weighted by Crippen LogP contribution is 2.24. The lowest BCUT2D eigenvalue weighted by atomic mass is 10.2. The fourth-order valence-electron chi connectivity index (χ4n) is 3.07. The molecule has 0 radical (unpaired) electrons. The Kier molecular flexibility index (Phi) is 6.39. The maximum atomic E-state index is 13.3. The molecule has 0 fully saturated rings. The molecular formula is C23H18BrN3O3S. The fraction of sp³-hybridized carbons (Fsp3) is 0.0870. The van der Waals surface area contributed by atoms with E-state index in [9.17, 15) is 9.59 Å². The number of rotatable bonds is 6. The number of fused-ring (bicyclic) bond motifs is 1. The Balaban J connectivity index is 1.65. The number of carbonyl (C=O) groups excluding carboxylic acids is 1. The largest absolute Gasteiger partial charge is 0.497 e. The van der Waals surface area contributed by atoms with E-state index in [2.05, 4.69) is 26.2 Å². The molecule has 0 aliphatic carbocycles. The number of hydrogen-bond donors (Lipinski definition) is 1. The Labute approximate surface area is 191 Å². The number of nitrogens with one attached hydrogen (secondary N) is 1. The number of ether oxygens (including phenoxy) is 1. The van der Waals surface area contributed by atoms with Gasteiger partial charge >= 0.3 is 0 Å². The van der Waals surface area contributed by atoms with Crippen LogP contribution >= 0.6 is 27.7 Å². The van der Waals surface area contributed by atoms with Crippen LogP contribution in [0.2, 0.25) is 0 Å². The number of methoxy groups -OCH3 is 1. The summed E-state index contributed by atoms with van der Waals surface area (Å²) in [5.41, 5.74) is 1.73. The van der Waals surface area contributed by atoms with E-state index in [-0.39, 0.29) is 17.2 Å². The average molecular weight is 496 g/mol. The lowest BCUT2D eigenvalue weighted by molar-refractivity contribution is -0.113. The number of amides is 1. The molecule has 0 spiro atoms. The van der Waals surface area contributed by atoms with E-state index in [0.29, 0.717) is 33.2 Å². The summed E-state index contributed by atoms with van der Waals surface area (Å²) in [7, 11) is 1.57. The van der Waals surface area contributed by atoms with E-state index < -0.39 is 0 Å². The fourth-order valence-corrected chi connectivity index (χ4v) is 4.24. The lowest BCUT2D eigenvalue weighted by Crippen LogP contribution is -2.23. The molecule has 0 bridgehead atoms. The van der Waals surface area contributed by atoms with Crippen LogP contribution in [0.15, 0.2) is 87.2 Å². The van der Waals surface area contributed by atoms with Crippen molar-refractivity contribution in [2.75, 3.05) is 18.2 Å². The summed E-state index contributed by atoms with van der Waals surface area (Å²) < 4.78 is 7.53. The van der Waals surface area contributed by atoms with Gasteiger partial charge in [0.15, 0.2) is 5.16 Å². The van der Waals surface area contributed by atoms with Crippen molar-refractivity contribution in [3.63, 3.8) is 0 Å². The molecule has 1 aromatic heterocycles. The summed E-state index contributed by atoms with van der Waals surface area (Å²) in [4.78, 5) is 30.5. The molecule has 1 heterocycles. The van der Waals surface area contributed by atoms with E-state index in [4.69, 9.17) is 4.74 Å². The first-order chi connectivity index (χ1) is 15.0. The van der Waals surface area contributed by atoms with Crippen molar-refractivity contribution >= 4 is 50.2 Å². The van der Waals surface area contributed by atoms with Crippen molar-refractivity contribution in [3.05, 3.63) is 87.6 Å². The molecule has 156 valence electrons. The third kappa shape index (κ3) is 4.81. The monoisotopic (exact) mass is 495 g/mol. The Hall–Kier alpha value is -3.10. The van der Waals surface area contributed by atoms with Gasteiger partial charge in [-0.25, -0.2) is 4.98 Å². The third-order valence-electron chi connectivity index (χ3n) is 4.50. The summed E-state index contributed by atoms with van der Waals surface area (Å²) >= 11 is 4.62. The molecule has 0 saturated heterocycles. The second kappa shape index (κ2) is 9.36. The van der Waals surface area contributed by atoms with Crippen LogP contribution in [0, 0.1) is 0 Å². The molecule has 8 heteroatoms. The van der Waals surface area contributed by atoms with Crippen LogP contribution in [0.3, 0.4) is 0 Å². The minimum absolute atomic E-state index is 0.0958. The Morgan fingerprint density at radius 1 is 1.10 bits per heavy atom. The molecule has 3 aromatic carbocycles. The van der Waals surface area contributed by atoms with Gasteiger partial charge in [0.1, 0.15) is 5.75 Å². The Morgan fingerprint density at radius 3 is 2.68 bits per heavy atom. The highest BCUT2D eigenvalue weighted by molar-refractivity contribution is 9.10. The van der Waals surface area contributed by atoms with Gasteiger partial charge in [0.25, 0.3) is 5.56 Å². The number of anilines is 1. The number of nitrogens with zero attached hydrogens (tertiary/aromatic N) is 2.